The second-order valence-corrected chi connectivity index (χ2v) is 8.88. The first kappa shape index (κ1) is 22.1. The van der Waals surface area contributed by atoms with E-state index < -0.39 is 18.4 Å². The van der Waals surface area contributed by atoms with Crippen LogP contribution in [0.1, 0.15) is 11.3 Å². The molecule has 1 amide bonds. The van der Waals surface area contributed by atoms with Crippen molar-refractivity contribution < 1.29 is 19.4 Å². The molecule has 32 heavy (non-hydrogen) atoms. The molecule has 1 aliphatic rings. The van der Waals surface area contributed by atoms with Crippen LogP contribution in [0.2, 0.25) is 5.02 Å². The lowest BCUT2D eigenvalue weighted by atomic mass is 10.2. The van der Waals surface area contributed by atoms with Gasteiger partial charge in [-0.15, -0.1) is 0 Å². The fourth-order valence-electron chi connectivity index (χ4n) is 3.07. The molecule has 162 valence electrons. The first-order chi connectivity index (χ1) is 15.3. The summed E-state index contributed by atoms with van der Waals surface area (Å²) in [6.07, 6.45) is 1.63. The number of carbonyl (C=O) groups is 2. The van der Waals surface area contributed by atoms with Crippen molar-refractivity contribution in [1.29, 1.82) is 0 Å². The lowest BCUT2D eigenvalue weighted by molar-refractivity contribution is -0.140. The van der Waals surface area contributed by atoms with Gasteiger partial charge in [-0.1, -0.05) is 59.8 Å². The highest BCUT2D eigenvalue weighted by Gasteiger charge is 2.34. The minimum Gasteiger partial charge on any atom is -0.480 e. The first-order valence-corrected chi connectivity index (χ1v) is 11.0. The second-order valence-electron chi connectivity index (χ2n) is 6.77. The first-order valence-electron chi connectivity index (χ1n) is 9.39. The Labute approximate surface area is 198 Å². The molecule has 1 fully saturated rings. The van der Waals surface area contributed by atoms with Crippen LogP contribution in [0.5, 0.6) is 11.6 Å². The quantitative estimate of drug-likeness (QED) is 0.392. The second kappa shape index (κ2) is 9.15. The molecule has 0 atom stereocenters. The number of carboxylic acids is 1. The van der Waals surface area contributed by atoms with Gasteiger partial charge in [0.05, 0.1) is 21.8 Å². The van der Waals surface area contributed by atoms with E-state index in [1.165, 1.54) is 0 Å². The van der Waals surface area contributed by atoms with Crippen molar-refractivity contribution in [3.05, 3.63) is 75.8 Å². The van der Waals surface area contributed by atoms with E-state index in [0.29, 0.717) is 32.8 Å². The Morgan fingerprint density at radius 3 is 2.69 bits per heavy atom. The number of thiocarbonyl (C=S) groups is 1. The van der Waals surface area contributed by atoms with Crippen LogP contribution in [0.25, 0.3) is 11.8 Å². The smallest absolute Gasteiger partial charge is 0.323 e. The van der Waals surface area contributed by atoms with E-state index in [2.05, 4.69) is 5.10 Å². The molecule has 0 radical (unpaired) electrons. The monoisotopic (exact) mass is 485 g/mol. The molecular formula is C22H16ClN3O4S2. The van der Waals surface area contributed by atoms with Gasteiger partial charge >= 0.3 is 5.97 Å². The van der Waals surface area contributed by atoms with Crippen LogP contribution in [0, 0.1) is 6.92 Å². The van der Waals surface area contributed by atoms with Gasteiger partial charge in [-0.25, -0.2) is 0 Å². The Kier molecular flexibility index (Phi) is 6.31. The average Bonchev–Trinajstić information content (AvgIpc) is 3.20. The Bertz CT molecular complexity index is 1260. The summed E-state index contributed by atoms with van der Waals surface area (Å²) in [5.41, 5.74) is 1.96. The molecule has 2 heterocycles. The number of aryl methyl sites for hydroxylation is 1. The third kappa shape index (κ3) is 4.55. The minimum absolute atomic E-state index is 0.189. The highest BCUT2D eigenvalue weighted by atomic mass is 35.5. The number of ether oxygens (including phenoxy) is 1. The largest absolute Gasteiger partial charge is 0.480 e. The molecule has 7 nitrogen and oxygen atoms in total. The standard InChI is InChI=1S/C22H16ClN3O4S2/c1-13-17(11-18-20(29)25(12-19(27)28)22(31)32-18)21(30-16-9-5-6-14(23)10-16)26(24-13)15-7-3-2-4-8-15/h2-11H,12H2,1H3,(H,27,28)/b18-11-. The summed E-state index contributed by atoms with van der Waals surface area (Å²) in [5.74, 6) is -0.717. The number of carbonyl (C=O) groups excluding carboxylic acids is 1. The predicted molar refractivity (Wildman–Crippen MR) is 127 cm³/mol. The van der Waals surface area contributed by atoms with Crippen LogP contribution in [0.15, 0.2) is 59.5 Å². The summed E-state index contributed by atoms with van der Waals surface area (Å²) in [7, 11) is 0. The van der Waals surface area contributed by atoms with Gasteiger partial charge in [-0.3, -0.25) is 14.5 Å². The SMILES string of the molecule is Cc1nn(-c2ccccc2)c(Oc2cccc(Cl)c2)c1/C=C1\SC(=S)N(CC(=O)O)C1=O. The van der Waals surface area contributed by atoms with Gasteiger partial charge in [-0.05, 0) is 43.3 Å². The normalized spacial score (nSPS) is 14.9. The maximum absolute atomic E-state index is 12.8. The molecule has 3 aromatic rings. The molecule has 1 saturated heterocycles. The number of para-hydroxylation sites is 1. The molecule has 1 N–H and O–H groups in total. The van der Waals surface area contributed by atoms with Crippen molar-refractivity contribution >= 4 is 57.9 Å². The van der Waals surface area contributed by atoms with E-state index in [0.717, 1.165) is 22.3 Å². The van der Waals surface area contributed by atoms with Crippen molar-refractivity contribution in [2.24, 2.45) is 0 Å². The van der Waals surface area contributed by atoms with Crippen molar-refractivity contribution in [2.75, 3.05) is 6.54 Å². The number of aliphatic carboxylic acids is 1. The zero-order chi connectivity index (χ0) is 22.8. The van der Waals surface area contributed by atoms with Crippen LogP contribution < -0.4 is 4.74 Å². The van der Waals surface area contributed by atoms with E-state index >= 15 is 0 Å². The number of halogens is 1. The zero-order valence-electron chi connectivity index (χ0n) is 16.7. The summed E-state index contributed by atoms with van der Waals surface area (Å²) in [4.78, 5) is 25.2. The lowest BCUT2D eigenvalue weighted by Gasteiger charge is -2.11. The van der Waals surface area contributed by atoms with Gasteiger partial charge in [0.2, 0.25) is 5.88 Å². The van der Waals surface area contributed by atoms with Crippen LogP contribution in [0.3, 0.4) is 0 Å². The average molecular weight is 486 g/mol. The summed E-state index contributed by atoms with van der Waals surface area (Å²) >= 11 is 12.3. The van der Waals surface area contributed by atoms with Crippen molar-refractivity contribution in [1.82, 2.24) is 14.7 Å². The number of carboxylic acid groups (broad SMARTS) is 1. The van der Waals surface area contributed by atoms with Crippen LogP contribution in [0.4, 0.5) is 0 Å². The molecule has 0 aliphatic carbocycles. The van der Waals surface area contributed by atoms with E-state index in [1.807, 2.05) is 30.3 Å². The molecule has 1 aliphatic heterocycles. The Hall–Kier alpha value is -3.14. The van der Waals surface area contributed by atoms with Crippen LogP contribution >= 0.6 is 35.6 Å². The zero-order valence-corrected chi connectivity index (χ0v) is 19.1. The van der Waals surface area contributed by atoms with E-state index in [4.69, 9.17) is 33.7 Å². The summed E-state index contributed by atoms with van der Waals surface area (Å²) in [5, 5.41) is 14.2. The molecule has 0 bridgehead atoms. The fourth-order valence-corrected chi connectivity index (χ4v) is 4.49. The number of hydrogen-bond acceptors (Lipinski definition) is 6. The van der Waals surface area contributed by atoms with Crippen LogP contribution in [-0.2, 0) is 9.59 Å². The molecule has 4 rings (SSSR count). The number of nitrogens with zero attached hydrogens (tertiary/aromatic N) is 3. The van der Waals surface area contributed by atoms with Gasteiger partial charge < -0.3 is 9.84 Å². The summed E-state index contributed by atoms with van der Waals surface area (Å²) in [6.45, 7) is 1.31. The molecule has 2 aromatic carbocycles. The molecular weight excluding hydrogens is 470 g/mol. The molecule has 0 saturated carbocycles. The number of aromatic nitrogens is 2. The van der Waals surface area contributed by atoms with Crippen molar-refractivity contribution in [2.45, 2.75) is 6.92 Å². The van der Waals surface area contributed by atoms with Crippen molar-refractivity contribution in [3.8, 4) is 17.3 Å². The Morgan fingerprint density at radius 1 is 1.25 bits per heavy atom. The minimum atomic E-state index is -1.14. The number of benzene rings is 2. The topological polar surface area (TPSA) is 84.7 Å². The van der Waals surface area contributed by atoms with Gasteiger partial charge in [0, 0.05) is 5.02 Å². The molecule has 0 unspecified atom stereocenters. The predicted octanol–water partition coefficient (Wildman–Crippen LogP) is 4.91. The van der Waals surface area contributed by atoms with Gasteiger partial charge in [0.25, 0.3) is 5.91 Å². The molecule has 10 heteroatoms. The van der Waals surface area contributed by atoms with Crippen LogP contribution in [-0.4, -0.2) is 42.5 Å². The third-order valence-corrected chi connectivity index (χ3v) is 6.13. The summed E-state index contributed by atoms with van der Waals surface area (Å²) in [6, 6.07) is 16.4. The van der Waals surface area contributed by atoms with E-state index in [1.54, 1.807) is 41.9 Å². The fraction of sp³-hybridized carbons (Fsp3) is 0.0909. The highest BCUT2D eigenvalue weighted by molar-refractivity contribution is 8.26. The maximum atomic E-state index is 12.8. The number of thioether (sulfide) groups is 1. The Morgan fingerprint density at radius 2 is 2.00 bits per heavy atom. The number of hydrogen-bond donors (Lipinski definition) is 1. The summed E-state index contributed by atoms with van der Waals surface area (Å²) < 4.78 is 8.00. The lowest BCUT2D eigenvalue weighted by Crippen LogP contribution is -2.33. The maximum Gasteiger partial charge on any atom is 0.323 e. The van der Waals surface area contributed by atoms with Gasteiger partial charge in [-0.2, -0.15) is 9.78 Å². The highest BCUT2D eigenvalue weighted by Crippen LogP contribution is 2.37. The Balaban J connectivity index is 1.81. The number of rotatable bonds is 6. The third-order valence-electron chi connectivity index (χ3n) is 4.52. The molecule has 0 spiro atoms. The van der Waals surface area contributed by atoms with Gasteiger partial charge in [0.15, 0.2) is 0 Å². The molecule has 1 aromatic heterocycles. The van der Waals surface area contributed by atoms with Crippen molar-refractivity contribution in [3.63, 3.8) is 0 Å². The number of amides is 1. The van der Waals surface area contributed by atoms with E-state index in [9.17, 15) is 9.59 Å². The van der Waals surface area contributed by atoms with Gasteiger partial charge in [0.1, 0.15) is 16.6 Å². The van der Waals surface area contributed by atoms with E-state index in [-0.39, 0.29) is 4.32 Å².